The molecule has 2 N–H and O–H groups in total. The predicted molar refractivity (Wildman–Crippen MR) is 93.7 cm³/mol. The average molecular weight is 373 g/mol. The summed E-state index contributed by atoms with van der Waals surface area (Å²) < 4.78 is 4.75. The van der Waals surface area contributed by atoms with Crippen molar-refractivity contribution in [1.82, 2.24) is 15.5 Å². The van der Waals surface area contributed by atoms with Crippen LogP contribution in [0, 0.1) is 0 Å². The van der Waals surface area contributed by atoms with Crippen LogP contribution in [0.1, 0.15) is 33.6 Å². The number of esters is 1. The third-order valence-corrected chi connectivity index (χ3v) is 3.66. The molecule has 9 heteroatoms. The summed E-state index contributed by atoms with van der Waals surface area (Å²) in [4.78, 5) is 59.7. The van der Waals surface area contributed by atoms with Gasteiger partial charge in [0.15, 0.2) is 6.61 Å². The second-order valence-corrected chi connectivity index (χ2v) is 5.62. The van der Waals surface area contributed by atoms with Crippen molar-refractivity contribution in [2.24, 2.45) is 0 Å². The Morgan fingerprint density at radius 2 is 1.74 bits per heavy atom. The summed E-state index contributed by atoms with van der Waals surface area (Å²) in [7, 11) is 0. The SMILES string of the molecule is C=CCNC(=O)NC(=O)COC(=O)CCCN1C(=O)c2ccccc2C1=O. The molecule has 0 aliphatic carbocycles. The molecule has 1 aromatic carbocycles. The van der Waals surface area contributed by atoms with E-state index in [1.54, 1.807) is 24.3 Å². The lowest BCUT2D eigenvalue weighted by atomic mass is 10.1. The molecule has 0 radical (unpaired) electrons. The first-order valence-electron chi connectivity index (χ1n) is 8.23. The van der Waals surface area contributed by atoms with Crippen LogP contribution in [-0.4, -0.2) is 54.3 Å². The van der Waals surface area contributed by atoms with E-state index in [1.165, 1.54) is 6.08 Å². The number of carbonyl (C=O) groups is 5. The minimum absolute atomic E-state index is 0.0671. The van der Waals surface area contributed by atoms with Gasteiger partial charge in [0.25, 0.3) is 17.7 Å². The molecule has 27 heavy (non-hydrogen) atoms. The Balaban J connectivity index is 1.69. The van der Waals surface area contributed by atoms with E-state index in [0.29, 0.717) is 11.1 Å². The van der Waals surface area contributed by atoms with Crippen molar-refractivity contribution in [3.05, 3.63) is 48.0 Å². The minimum Gasteiger partial charge on any atom is -0.456 e. The number of amides is 5. The van der Waals surface area contributed by atoms with Crippen molar-refractivity contribution in [1.29, 1.82) is 0 Å². The summed E-state index contributed by atoms with van der Waals surface area (Å²) in [5, 5.41) is 4.31. The highest BCUT2D eigenvalue weighted by atomic mass is 16.5. The fourth-order valence-electron chi connectivity index (χ4n) is 2.41. The van der Waals surface area contributed by atoms with Crippen LogP contribution >= 0.6 is 0 Å². The van der Waals surface area contributed by atoms with Gasteiger partial charge in [-0.05, 0) is 18.6 Å². The number of carbonyl (C=O) groups excluding carboxylic acids is 5. The molecule has 0 atom stereocenters. The molecule has 1 aliphatic rings. The van der Waals surface area contributed by atoms with E-state index in [9.17, 15) is 24.0 Å². The summed E-state index contributed by atoms with van der Waals surface area (Å²) in [6.07, 6.45) is 1.56. The normalized spacial score (nSPS) is 12.4. The third kappa shape index (κ3) is 5.24. The van der Waals surface area contributed by atoms with Gasteiger partial charge in [0.1, 0.15) is 0 Å². The molecular weight excluding hydrogens is 354 g/mol. The first-order chi connectivity index (χ1) is 12.9. The molecule has 0 unspecified atom stereocenters. The lowest BCUT2D eigenvalue weighted by Gasteiger charge is -2.13. The summed E-state index contributed by atoms with van der Waals surface area (Å²) in [6, 6.07) is 5.78. The highest BCUT2D eigenvalue weighted by Gasteiger charge is 2.34. The third-order valence-electron chi connectivity index (χ3n) is 3.66. The Morgan fingerprint density at radius 1 is 1.11 bits per heavy atom. The van der Waals surface area contributed by atoms with E-state index < -0.39 is 36.3 Å². The number of hydrogen-bond acceptors (Lipinski definition) is 6. The van der Waals surface area contributed by atoms with E-state index >= 15 is 0 Å². The lowest BCUT2D eigenvalue weighted by Crippen LogP contribution is -2.41. The number of rotatable bonds is 8. The zero-order chi connectivity index (χ0) is 19.8. The van der Waals surface area contributed by atoms with Crippen molar-refractivity contribution >= 4 is 29.7 Å². The number of nitrogens with zero attached hydrogens (tertiary/aromatic N) is 1. The molecule has 0 fully saturated rings. The zero-order valence-electron chi connectivity index (χ0n) is 14.5. The van der Waals surface area contributed by atoms with Gasteiger partial charge in [-0.3, -0.25) is 29.4 Å². The second kappa shape index (κ2) is 9.27. The fraction of sp³-hybridized carbons (Fsp3) is 0.278. The van der Waals surface area contributed by atoms with E-state index in [-0.39, 0.29) is 25.9 Å². The Morgan fingerprint density at radius 3 is 2.33 bits per heavy atom. The molecule has 1 heterocycles. The minimum atomic E-state index is -0.773. The first-order valence-corrected chi connectivity index (χ1v) is 8.23. The molecular formula is C18H19N3O6. The van der Waals surface area contributed by atoms with Gasteiger partial charge in [-0.1, -0.05) is 18.2 Å². The quantitative estimate of drug-likeness (QED) is 0.391. The summed E-state index contributed by atoms with van der Waals surface area (Å²) in [6.45, 7) is 3.06. The average Bonchev–Trinajstić information content (AvgIpc) is 2.90. The van der Waals surface area contributed by atoms with Crippen LogP contribution in [0.25, 0.3) is 0 Å². The molecule has 1 aliphatic heterocycles. The van der Waals surface area contributed by atoms with Crippen molar-refractivity contribution < 1.29 is 28.7 Å². The Labute approximate surface area is 155 Å². The molecule has 142 valence electrons. The van der Waals surface area contributed by atoms with Gasteiger partial charge in [-0.25, -0.2) is 4.79 Å². The number of ether oxygens (including phenoxy) is 1. The van der Waals surface area contributed by atoms with Gasteiger partial charge < -0.3 is 10.1 Å². The molecule has 9 nitrogen and oxygen atoms in total. The van der Waals surface area contributed by atoms with Gasteiger partial charge in [0.2, 0.25) is 0 Å². The van der Waals surface area contributed by atoms with Crippen molar-refractivity contribution in [2.45, 2.75) is 12.8 Å². The van der Waals surface area contributed by atoms with Gasteiger partial charge in [-0.15, -0.1) is 6.58 Å². The number of imide groups is 2. The number of fused-ring (bicyclic) bond motifs is 1. The lowest BCUT2D eigenvalue weighted by molar-refractivity contribution is -0.148. The van der Waals surface area contributed by atoms with Crippen LogP contribution in [-0.2, 0) is 14.3 Å². The van der Waals surface area contributed by atoms with Gasteiger partial charge in [0.05, 0.1) is 11.1 Å². The predicted octanol–water partition coefficient (Wildman–Crippen LogP) is 0.618. The van der Waals surface area contributed by atoms with Gasteiger partial charge in [0, 0.05) is 19.5 Å². The number of urea groups is 1. The molecule has 0 spiro atoms. The fourth-order valence-corrected chi connectivity index (χ4v) is 2.41. The van der Waals surface area contributed by atoms with Crippen molar-refractivity contribution in [2.75, 3.05) is 19.7 Å². The topological polar surface area (TPSA) is 122 Å². The molecule has 0 saturated carbocycles. The molecule has 0 saturated heterocycles. The molecule has 2 rings (SSSR count). The molecule has 5 amide bonds. The van der Waals surface area contributed by atoms with Crippen LogP contribution in [0.5, 0.6) is 0 Å². The van der Waals surface area contributed by atoms with Crippen LogP contribution in [0.15, 0.2) is 36.9 Å². The van der Waals surface area contributed by atoms with Gasteiger partial charge >= 0.3 is 12.0 Å². The monoisotopic (exact) mass is 373 g/mol. The highest BCUT2D eigenvalue weighted by Crippen LogP contribution is 2.22. The van der Waals surface area contributed by atoms with Crippen LogP contribution in [0.2, 0.25) is 0 Å². The second-order valence-electron chi connectivity index (χ2n) is 5.62. The Hall–Kier alpha value is -3.49. The van der Waals surface area contributed by atoms with Gasteiger partial charge in [-0.2, -0.15) is 0 Å². The number of benzene rings is 1. The number of hydrogen-bond donors (Lipinski definition) is 2. The van der Waals surface area contributed by atoms with Crippen LogP contribution < -0.4 is 10.6 Å². The summed E-state index contributed by atoms with van der Waals surface area (Å²) >= 11 is 0. The van der Waals surface area contributed by atoms with E-state index in [4.69, 9.17) is 4.74 Å². The van der Waals surface area contributed by atoms with E-state index in [0.717, 1.165) is 4.90 Å². The van der Waals surface area contributed by atoms with Crippen molar-refractivity contribution in [3.8, 4) is 0 Å². The molecule has 1 aromatic rings. The van der Waals surface area contributed by atoms with E-state index in [1.807, 2.05) is 5.32 Å². The zero-order valence-corrected chi connectivity index (χ0v) is 14.5. The summed E-state index contributed by atoms with van der Waals surface area (Å²) in [5.41, 5.74) is 0.688. The van der Waals surface area contributed by atoms with E-state index in [2.05, 4.69) is 11.9 Å². The maximum absolute atomic E-state index is 12.2. The van der Waals surface area contributed by atoms with Crippen LogP contribution in [0.4, 0.5) is 4.79 Å². The van der Waals surface area contributed by atoms with Crippen molar-refractivity contribution in [3.63, 3.8) is 0 Å². The molecule has 0 aromatic heterocycles. The highest BCUT2D eigenvalue weighted by molar-refractivity contribution is 6.21. The number of nitrogens with one attached hydrogen (secondary N) is 2. The van der Waals surface area contributed by atoms with Crippen LogP contribution in [0.3, 0.4) is 0 Å². The standard InChI is InChI=1S/C18H19N3O6/c1-2-9-19-18(26)20-14(22)11-27-15(23)8-5-10-21-16(24)12-6-3-4-7-13(12)17(21)25/h2-4,6-7H,1,5,8-11H2,(H2,19,20,22,26). The first kappa shape index (κ1) is 19.8. The summed E-state index contributed by atoms with van der Waals surface area (Å²) in [5.74, 6) is -2.23. The smallest absolute Gasteiger partial charge is 0.321 e. The maximum Gasteiger partial charge on any atom is 0.321 e. The molecule has 0 bridgehead atoms. The maximum atomic E-state index is 12.2. The Bertz CT molecular complexity index is 754. The largest absolute Gasteiger partial charge is 0.456 e. The Kier molecular flexibility index (Phi) is 6.81.